The molecule has 0 N–H and O–H groups in total. The second-order valence-electron chi connectivity index (χ2n) is 6.89. The van der Waals surface area contributed by atoms with E-state index in [0.29, 0.717) is 6.61 Å². The van der Waals surface area contributed by atoms with Gasteiger partial charge in [-0.1, -0.05) is 18.2 Å². The summed E-state index contributed by atoms with van der Waals surface area (Å²) in [6, 6.07) is 20.5. The van der Waals surface area contributed by atoms with Crippen LogP contribution < -0.4 is 9.47 Å². The van der Waals surface area contributed by atoms with Crippen molar-refractivity contribution in [2.24, 2.45) is 5.10 Å². The van der Waals surface area contributed by atoms with E-state index in [9.17, 15) is 0 Å². The molecule has 5 nitrogen and oxygen atoms in total. The van der Waals surface area contributed by atoms with Crippen LogP contribution in [0.4, 0.5) is 0 Å². The second-order valence-corrected chi connectivity index (χ2v) is 6.89. The maximum absolute atomic E-state index is 6.34. The SMILES string of the molecule is CCOc1ccc(C2=NN3[C@H](C2)c2ccccc2O[C@H]3c2ccncc2)cc1. The van der Waals surface area contributed by atoms with Gasteiger partial charge in [0.15, 0.2) is 0 Å². The number of ether oxygens (including phenoxy) is 2. The minimum absolute atomic E-state index is 0.157. The van der Waals surface area contributed by atoms with E-state index in [4.69, 9.17) is 14.6 Å². The van der Waals surface area contributed by atoms with Crippen LogP contribution in [0.25, 0.3) is 0 Å². The number of fused-ring (bicyclic) bond motifs is 3. The molecular weight excluding hydrogens is 350 g/mol. The van der Waals surface area contributed by atoms with E-state index >= 15 is 0 Å². The lowest BCUT2D eigenvalue weighted by Crippen LogP contribution is -2.33. The zero-order valence-corrected chi connectivity index (χ0v) is 15.7. The quantitative estimate of drug-likeness (QED) is 0.666. The molecule has 0 spiro atoms. The Morgan fingerprint density at radius 2 is 1.82 bits per heavy atom. The van der Waals surface area contributed by atoms with Gasteiger partial charge < -0.3 is 9.47 Å². The lowest BCUT2D eigenvalue weighted by molar-refractivity contribution is -0.0190. The van der Waals surface area contributed by atoms with Gasteiger partial charge in [-0.2, -0.15) is 5.10 Å². The maximum Gasteiger partial charge on any atom is 0.213 e. The first-order chi connectivity index (χ1) is 13.8. The van der Waals surface area contributed by atoms with Crippen molar-refractivity contribution in [2.75, 3.05) is 6.61 Å². The summed E-state index contributed by atoms with van der Waals surface area (Å²) >= 11 is 0. The van der Waals surface area contributed by atoms with Crippen LogP contribution in [-0.4, -0.2) is 22.3 Å². The predicted octanol–water partition coefficient (Wildman–Crippen LogP) is 4.72. The number of pyridine rings is 1. The summed E-state index contributed by atoms with van der Waals surface area (Å²) in [5.41, 5.74) is 4.40. The first-order valence-electron chi connectivity index (χ1n) is 9.58. The average Bonchev–Trinajstić information content (AvgIpc) is 3.20. The van der Waals surface area contributed by atoms with E-state index in [2.05, 4.69) is 34.3 Å². The van der Waals surface area contributed by atoms with Crippen LogP contribution in [0.2, 0.25) is 0 Å². The normalized spacial score (nSPS) is 20.0. The molecule has 140 valence electrons. The van der Waals surface area contributed by atoms with E-state index < -0.39 is 0 Å². The fourth-order valence-corrected chi connectivity index (χ4v) is 3.87. The summed E-state index contributed by atoms with van der Waals surface area (Å²) in [4.78, 5) is 4.13. The molecule has 2 aromatic carbocycles. The van der Waals surface area contributed by atoms with Crippen molar-refractivity contribution in [2.45, 2.75) is 25.6 Å². The molecular formula is C23H21N3O2. The van der Waals surface area contributed by atoms with Crippen LogP contribution in [0, 0.1) is 0 Å². The standard InChI is InChI=1S/C23H21N3O2/c1-2-27-18-9-7-16(8-10-18)20-15-21-19-5-3-4-6-22(19)28-23(26(21)25-20)17-11-13-24-14-12-17/h3-14,21,23H,2,15H2,1H3/t21-,23+/m1/s1. The highest BCUT2D eigenvalue weighted by molar-refractivity contribution is 6.02. The molecule has 0 saturated carbocycles. The van der Waals surface area contributed by atoms with Gasteiger partial charge in [-0.05, 0) is 55.0 Å². The summed E-state index contributed by atoms with van der Waals surface area (Å²) in [6.07, 6.45) is 4.17. The molecule has 28 heavy (non-hydrogen) atoms. The molecule has 0 radical (unpaired) electrons. The molecule has 0 saturated heterocycles. The lowest BCUT2D eigenvalue weighted by Gasteiger charge is -2.38. The van der Waals surface area contributed by atoms with Gasteiger partial charge in [0.2, 0.25) is 6.23 Å². The Morgan fingerprint density at radius 3 is 2.61 bits per heavy atom. The fourth-order valence-electron chi connectivity index (χ4n) is 3.87. The van der Waals surface area contributed by atoms with Crippen molar-refractivity contribution in [3.8, 4) is 11.5 Å². The van der Waals surface area contributed by atoms with Gasteiger partial charge in [-0.25, -0.2) is 5.01 Å². The minimum Gasteiger partial charge on any atom is -0.494 e. The Hall–Kier alpha value is -3.34. The second kappa shape index (κ2) is 7.00. The van der Waals surface area contributed by atoms with Gasteiger partial charge >= 0.3 is 0 Å². The first-order valence-corrected chi connectivity index (χ1v) is 9.58. The van der Waals surface area contributed by atoms with Gasteiger partial charge in [-0.15, -0.1) is 0 Å². The number of aromatic nitrogens is 1. The van der Waals surface area contributed by atoms with Crippen LogP contribution in [0.1, 0.15) is 42.3 Å². The van der Waals surface area contributed by atoms with Gasteiger partial charge in [0.25, 0.3) is 0 Å². The summed E-state index contributed by atoms with van der Waals surface area (Å²) < 4.78 is 11.9. The summed E-state index contributed by atoms with van der Waals surface area (Å²) in [5.74, 6) is 1.81. The van der Waals surface area contributed by atoms with Crippen molar-refractivity contribution in [3.05, 3.63) is 89.7 Å². The van der Waals surface area contributed by atoms with Crippen molar-refractivity contribution >= 4 is 5.71 Å². The van der Waals surface area contributed by atoms with Crippen molar-refractivity contribution in [1.82, 2.24) is 9.99 Å². The highest BCUT2D eigenvalue weighted by Crippen LogP contribution is 2.47. The van der Waals surface area contributed by atoms with Crippen LogP contribution >= 0.6 is 0 Å². The van der Waals surface area contributed by atoms with Crippen molar-refractivity contribution < 1.29 is 9.47 Å². The number of hydrazone groups is 1. The summed E-state index contributed by atoms with van der Waals surface area (Å²) in [5, 5.41) is 7.06. The third-order valence-electron chi connectivity index (χ3n) is 5.19. The average molecular weight is 371 g/mol. The topological polar surface area (TPSA) is 47.0 Å². The van der Waals surface area contributed by atoms with E-state index in [0.717, 1.165) is 34.8 Å². The van der Waals surface area contributed by atoms with Crippen molar-refractivity contribution in [1.29, 1.82) is 0 Å². The van der Waals surface area contributed by atoms with Crippen LogP contribution in [0.15, 0.2) is 78.2 Å². The fraction of sp³-hybridized carbons (Fsp3) is 0.217. The number of hydrogen-bond donors (Lipinski definition) is 0. The number of para-hydroxylation sites is 1. The molecule has 0 amide bonds. The predicted molar refractivity (Wildman–Crippen MR) is 107 cm³/mol. The molecule has 3 aromatic rings. The zero-order valence-electron chi connectivity index (χ0n) is 15.7. The first kappa shape index (κ1) is 16.8. The molecule has 1 aromatic heterocycles. The summed E-state index contributed by atoms with van der Waals surface area (Å²) in [6.45, 7) is 2.65. The Balaban J connectivity index is 1.53. The Kier molecular flexibility index (Phi) is 4.20. The number of nitrogens with zero attached hydrogens (tertiary/aromatic N) is 3. The molecule has 0 fully saturated rings. The van der Waals surface area contributed by atoms with E-state index in [1.807, 2.05) is 43.3 Å². The molecule has 5 heteroatoms. The third kappa shape index (κ3) is 2.89. The van der Waals surface area contributed by atoms with Crippen LogP contribution in [0.3, 0.4) is 0 Å². The van der Waals surface area contributed by atoms with Gasteiger partial charge in [0, 0.05) is 29.9 Å². The van der Waals surface area contributed by atoms with Crippen LogP contribution in [0.5, 0.6) is 11.5 Å². The Morgan fingerprint density at radius 1 is 1.04 bits per heavy atom. The molecule has 3 heterocycles. The molecule has 0 unspecified atom stereocenters. The number of hydrogen-bond acceptors (Lipinski definition) is 5. The lowest BCUT2D eigenvalue weighted by atomic mass is 9.96. The highest BCUT2D eigenvalue weighted by Gasteiger charge is 2.40. The van der Waals surface area contributed by atoms with Gasteiger partial charge in [0.1, 0.15) is 11.5 Å². The molecule has 0 aliphatic carbocycles. The largest absolute Gasteiger partial charge is 0.494 e. The van der Waals surface area contributed by atoms with Crippen LogP contribution in [-0.2, 0) is 0 Å². The number of benzene rings is 2. The smallest absolute Gasteiger partial charge is 0.213 e. The van der Waals surface area contributed by atoms with Gasteiger partial charge in [-0.3, -0.25) is 4.98 Å². The highest BCUT2D eigenvalue weighted by atomic mass is 16.5. The zero-order chi connectivity index (χ0) is 18.9. The van der Waals surface area contributed by atoms with E-state index in [-0.39, 0.29) is 12.3 Å². The molecule has 0 bridgehead atoms. The number of rotatable bonds is 4. The summed E-state index contributed by atoms with van der Waals surface area (Å²) in [7, 11) is 0. The maximum atomic E-state index is 6.34. The minimum atomic E-state index is -0.261. The molecule has 2 aliphatic heterocycles. The Labute approximate surface area is 164 Å². The molecule has 5 rings (SSSR count). The van der Waals surface area contributed by atoms with Crippen molar-refractivity contribution in [3.63, 3.8) is 0 Å². The molecule has 2 aliphatic rings. The molecule has 2 atom stereocenters. The Bertz CT molecular complexity index is 1000. The third-order valence-corrected chi connectivity index (χ3v) is 5.19. The van der Waals surface area contributed by atoms with Gasteiger partial charge in [0.05, 0.1) is 18.4 Å². The van der Waals surface area contributed by atoms with E-state index in [1.54, 1.807) is 12.4 Å². The monoisotopic (exact) mass is 371 g/mol. The van der Waals surface area contributed by atoms with E-state index in [1.165, 1.54) is 5.56 Å².